The van der Waals surface area contributed by atoms with Crippen LogP contribution in [0.3, 0.4) is 0 Å². The highest BCUT2D eigenvalue weighted by molar-refractivity contribution is 5.32. The summed E-state index contributed by atoms with van der Waals surface area (Å²) in [6, 6.07) is 7.84. The van der Waals surface area contributed by atoms with Gasteiger partial charge in [0, 0.05) is 12.1 Å². The lowest BCUT2D eigenvalue weighted by atomic mass is 9.99. The van der Waals surface area contributed by atoms with Gasteiger partial charge >= 0.3 is 0 Å². The Balaban J connectivity index is 1.97. The number of nitrogens with one attached hydrogen (secondary N) is 1. The summed E-state index contributed by atoms with van der Waals surface area (Å²) in [4.78, 5) is 0. The lowest BCUT2D eigenvalue weighted by Gasteiger charge is -2.22. The van der Waals surface area contributed by atoms with Crippen molar-refractivity contribution in [3.63, 3.8) is 0 Å². The van der Waals surface area contributed by atoms with Crippen molar-refractivity contribution in [1.82, 2.24) is 5.32 Å². The molecule has 1 aromatic rings. The van der Waals surface area contributed by atoms with E-state index in [2.05, 4.69) is 51.2 Å². The first-order chi connectivity index (χ1) is 8.06. The maximum Gasteiger partial charge on any atom is 0.0296 e. The van der Waals surface area contributed by atoms with Gasteiger partial charge in [-0.3, -0.25) is 0 Å². The summed E-state index contributed by atoms with van der Waals surface area (Å²) in [5.74, 6) is 1.00. The van der Waals surface area contributed by atoms with Gasteiger partial charge in [0.15, 0.2) is 0 Å². The minimum absolute atomic E-state index is 0.462. The van der Waals surface area contributed by atoms with Gasteiger partial charge in [0.1, 0.15) is 0 Å². The summed E-state index contributed by atoms with van der Waals surface area (Å²) in [5.41, 5.74) is 4.20. The van der Waals surface area contributed by atoms with Crippen LogP contribution >= 0.6 is 0 Å². The minimum atomic E-state index is 0.462. The molecule has 2 unspecified atom stereocenters. The van der Waals surface area contributed by atoms with E-state index in [1.807, 2.05) is 0 Å². The van der Waals surface area contributed by atoms with Crippen molar-refractivity contribution in [2.24, 2.45) is 5.92 Å². The summed E-state index contributed by atoms with van der Waals surface area (Å²) in [7, 11) is 0. The van der Waals surface area contributed by atoms with Gasteiger partial charge in [0.05, 0.1) is 0 Å². The first-order valence-corrected chi connectivity index (χ1v) is 6.89. The van der Waals surface area contributed by atoms with Crippen LogP contribution in [0.4, 0.5) is 0 Å². The van der Waals surface area contributed by atoms with Crippen LogP contribution in [0.1, 0.15) is 55.8 Å². The summed E-state index contributed by atoms with van der Waals surface area (Å²) < 4.78 is 0. The monoisotopic (exact) mass is 231 g/mol. The molecular weight excluding hydrogens is 206 g/mol. The number of hydrogen-bond donors (Lipinski definition) is 1. The van der Waals surface area contributed by atoms with E-state index in [9.17, 15) is 0 Å². The molecule has 1 heteroatoms. The fraction of sp³-hybridized carbons (Fsp3) is 0.625. The van der Waals surface area contributed by atoms with Gasteiger partial charge in [0.2, 0.25) is 0 Å². The van der Waals surface area contributed by atoms with E-state index in [0.717, 1.165) is 5.92 Å². The topological polar surface area (TPSA) is 12.0 Å². The Hall–Kier alpha value is -0.820. The third-order valence-corrected chi connectivity index (χ3v) is 3.82. The first-order valence-electron chi connectivity index (χ1n) is 6.89. The molecule has 2 atom stereocenters. The Kier molecular flexibility index (Phi) is 3.88. The molecule has 0 saturated heterocycles. The van der Waals surface area contributed by atoms with Crippen molar-refractivity contribution in [3.8, 4) is 0 Å². The van der Waals surface area contributed by atoms with Crippen LogP contribution in [0.5, 0.6) is 0 Å². The lowest BCUT2D eigenvalue weighted by Crippen LogP contribution is -2.29. The Morgan fingerprint density at radius 3 is 2.59 bits per heavy atom. The highest BCUT2D eigenvalue weighted by Gasteiger charge is 2.24. The van der Waals surface area contributed by atoms with Crippen molar-refractivity contribution >= 4 is 0 Å². The molecule has 0 amide bonds. The zero-order valence-corrected chi connectivity index (χ0v) is 11.6. The predicted octanol–water partition coefficient (Wildman–Crippen LogP) is 4.14. The number of aryl methyl sites for hydroxylation is 2. The average Bonchev–Trinajstić information content (AvgIpc) is 3.05. The Morgan fingerprint density at radius 2 is 1.94 bits per heavy atom. The highest BCUT2D eigenvalue weighted by Crippen LogP contribution is 2.34. The number of hydrogen-bond acceptors (Lipinski definition) is 1. The molecule has 0 bridgehead atoms. The predicted molar refractivity (Wildman–Crippen MR) is 74.3 cm³/mol. The fourth-order valence-corrected chi connectivity index (χ4v) is 2.66. The van der Waals surface area contributed by atoms with E-state index >= 15 is 0 Å². The lowest BCUT2D eigenvalue weighted by molar-refractivity contribution is 0.437. The van der Waals surface area contributed by atoms with Crippen LogP contribution in [-0.4, -0.2) is 6.04 Å². The Labute approximate surface area is 106 Å². The Bertz CT molecular complexity index is 379. The smallest absolute Gasteiger partial charge is 0.0296 e. The van der Waals surface area contributed by atoms with Crippen molar-refractivity contribution in [2.45, 2.75) is 59.0 Å². The van der Waals surface area contributed by atoms with Crippen LogP contribution in [-0.2, 0) is 0 Å². The molecule has 2 rings (SSSR count). The molecule has 1 aliphatic carbocycles. The fourth-order valence-electron chi connectivity index (χ4n) is 2.66. The van der Waals surface area contributed by atoms with E-state index in [4.69, 9.17) is 0 Å². The maximum atomic E-state index is 3.74. The normalized spacial score (nSPS) is 19.1. The molecule has 0 aromatic heterocycles. The molecule has 1 N–H and O–H groups in total. The van der Waals surface area contributed by atoms with Gasteiger partial charge in [-0.15, -0.1) is 0 Å². The molecule has 1 nitrogen and oxygen atoms in total. The molecule has 1 aliphatic rings. The summed E-state index contributed by atoms with van der Waals surface area (Å²) in [6.45, 7) is 8.98. The molecular formula is C16H25N. The van der Waals surface area contributed by atoms with Crippen molar-refractivity contribution in [3.05, 3.63) is 34.9 Å². The molecule has 1 aromatic carbocycles. The largest absolute Gasteiger partial charge is 0.308 e. The van der Waals surface area contributed by atoms with Gasteiger partial charge in [0.25, 0.3) is 0 Å². The molecule has 0 radical (unpaired) electrons. The summed E-state index contributed by atoms with van der Waals surface area (Å²) >= 11 is 0. The summed E-state index contributed by atoms with van der Waals surface area (Å²) in [5, 5.41) is 3.74. The standard InChI is InChI=1S/C16H25N/c1-11-5-6-12(2)16(9-11)14(4)17-13(3)10-15-7-8-15/h5-6,9,13-15,17H,7-8,10H2,1-4H3. The zero-order chi connectivity index (χ0) is 12.4. The molecule has 94 valence electrons. The number of benzene rings is 1. The van der Waals surface area contributed by atoms with Crippen molar-refractivity contribution in [1.29, 1.82) is 0 Å². The third-order valence-electron chi connectivity index (χ3n) is 3.82. The average molecular weight is 231 g/mol. The third kappa shape index (κ3) is 3.57. The van der Waals surface area contributed by atoms with Crippen molar-refractivity contribution in [2.75, 3.05) is 0 Å². The molecule has 17 heavy (non-hydrogen) atoms. The molecule has 1 fully saturated rings. The van der Waals surface area contributed by atoms with E-state index in [1.165, 1.54) is 36.0 Å². The highest BCUT2D eigenvalue weighted by atomic mass is 14.9. The van der Waals surface area contributed by atoms with Gasteiger partial charge in [-0.25, -0.2) is 0 Å². The zero-order valence-electron chi connectivity index (χ0n) is 11.6. The molecule has 0 spiro atoms. The quantitative estimate of drug-likeness (QED) is 0.803. The second kappa shape index (κ2) is 5.22. The van der Waals surface area contributed by atoms with Crippen LogP contribution < -0.4 is 5.32 Å². The maximum absolute atomic E-state index is 3.74. The second-order valence-electron chi connectivity index (χ2n) is 5.83. The van der Waals surface area contributed by atoms with Crippen LogP contribution in [0.2, 0.25) is 0 Å². The van der Waals surface area contributed by atoms with E-state index in [0.29, 0.717) is 12.1 Å². The minimum Gasteiger partial charge on any atom is -0.308 e. The summed E-state index contributed by atoms with van der Waals surface area (Å²) in [6.07, 6.45) is 4.24. The van der Waals surface area contributed by atoms with E-state index in [1.54, 1.807) is 0 Å². The molecule has 0 aliphatic heterocycles. The second-order valence-corrected chi connectivity index (χ2v) is 5.83. The van der Waals surface area contributed by atoms with Crippen molar-refractivity contribution < 1.29 is 0 Å². The SMILES string of the molecule is Cc1ccc(C)c(C(C)NC(C)CC2CC2)c1. The van der Waals surface area contributed by atoms with E-state index in [-0.39, 0.29) is 0 Å². The molecule has 1 saturated carbocycles. The number of rotatable bonds is 5. The Morgan fingerprint density at radius 1 is 1.24 bits per heavy atom. The van der Waals surface area contributed by atoms with Gasteiger partial charge in [-0.1, -0.05) is 36.6 Å². The van der Waals surface area contributed by atoms with Gasteiger partial charge < -0.3 is 5.32 Å². The van der Waals surface area contributed by atoms with E-state index < -0.39 is 0 Å². The van der Waals surface area contributed by atoms with Crippen LogP contribution in [0, 0.1) is 19.8 Å². The van der Waals surface area contributed by atoms with Gasteiger partial charge in [-0.2, -0.15) is 0 Å². The first kappa shape index (κ1) is 12.6. The van der Waals surface area contributed by atoms with Crippen LogP contribution in [0.25, 0.3) is 0 Å². The molecule has 0 heterocycles. The van der Waals surface area contributed by atoms with Crippen LogP contribution in [0.15, 0.2) is 18.2 Å². The van der Waals surface area contributed by atoms with Gasteiger partial charge in [-0.05, 0) is 51.2 Å².